The molecule has 0 aliphatic rings. The number of carbonyl (C=O) groups is 2. The first-order valence-electron chi connectivity index (χ1n) is 20.2. The van der Waals surface area contributed by atoms with Gasteiger partial charge in [-0.05, 0) is 37.2 Å². The summed E-state index contributed by atoms with van der Waals surface area (Å²) in [5.74, 6) is 3.96. The summed E-state index contributed by atoms with van der Waals surface area (Å²) in [6.45, 7) is 5.74. The van der Waals surface area contributed by atoms with E-state index in [1.807, 2.05) is 23.5 Å². The van der Waals surface area contributed by atoms with E-state index in [1.54, 1.807) is 0 Å². The summed E-state index contributed by atoms with van der Waals surface area (Å²) in [5, 5.41) is 0. The minimum Gasteiger partial charge on any atom is -0.466 e. The van der Waals surface area contributed by atoms with Crippen molar-refractivity contribution >= 4 is 35.5 Å². The predicted molar refractivity (Wildman–Crippen MR) is 206 cm³/mol. The van der Waals surface area contributed by atoms with Gasteiger partial charge >= 0.3 is 11.9 Å². The Morgan fingerprint density at radius 3 is 0.913 bits per heavy atom. The molecular weight excluding hydrogens is 609 g/mol. The largest absolute Gasteiger partial charge is 0.466 e. The lowest BCUT2D eigenvalue weighted by atomic mass is 10.1. The molecule has 0 unspecified atom stereocenters. The summed E-state index contributed by atoms with van der Waals surface area (Å²) in [6, 6.07) is 0. The van der Waals surface area contributed by atoms with E-state index >= 15 is 0 Å². The van der Waals surface area contributed by atoms with Crippen LogP contribution in [0, 0.1) is 0 Å². The number of hydrogen-bond acceptors (Lipinski definition) is 6. The smallest absolute Gasteiger partial charge is 0.306 e. The van der Waals surface area contributed by atoms with Crippen molar-refractivity contribution in [2.24, 2.45) is 0 Å². The summed E-state index contributed by atoms with van der Waals surface area (Å²) < 4.78 is 10.8. The Balaban J connectivity index is 3.22. The Kier molecular flexibility index (Phi) is 40.5. The Morgan fingerprint density at radius 1 is 0.348 bits per heavy atom. The summed E-state index contributed by atoms with van der Waals surface area (Å²) in [4.78, 5) is 23.9. The summed E-state index contributed by atoms with van der Waals surface area (Å²) in [7, 11) is 0. The molecule has 0 N–H and O–H groups in total. The van der Waals surface area contributed by atoms with Crippen LogP contribution in [0.4, 0.5) is 0 Å². The van der Waals surface area contributed by atoms with Crippen molar-refractivity contribution < 1.29 is 19.1 Å². The van der Waals surface area contributed by atoms with Gasteiger partial charge in [0.15, 0.2) is 0 Å². The van der Waals surface area contributed by atoms with Gasteiger partial charge in [0.2, 0.25) is 0 Å². The number of unbranched alkanes of at least 4 members (excludes halogenated alkanes) is 25. The number of carbonyl (C=O) groups excluding carboxylic acids is 2. The first kappa shape index (κ1) is 45.6. The van der Waals surface area contributed by atoms with Gasteiger partial charge in [-0.3, -0.25) is 9.59 Å². The fourth-order valence-corrected chi connectivity index (χ4v) is 7.53. The van der Waals surface area contributed by atoms with E-state index in [4.69, 9.17) is 9.47 Å². The molecular formula is C40H78O4S2. The second kappa shape index (κ2) is 40.8. The van der Waals surface area contributed by atoms with Crippen molar-refractivity contribution in [1.29, 1.82) is 0 Å². The quantitative estimate of drug-likeness (QED) is 0.0474. The second-order valence-corrected chi connectivity index (χ2v) is 15.8. The molecule has 0 saturated carbocycles. The standard InChI is InChI=1S/C40H78O4S2/c1-3-5-7-9-11-13-15-17-19-21-23-27-33-43-39(41)31-37-45-35-29-25-26-30-36-46-38-32-40(42)44-34-28-24-22-20-18-16-14-12-10-8-6-4-2/h3-38H2,1-2H3. The highest BCUT2D eigenvalue weighted by molar-refractivity contribution is 7.99. The fourth-order valence-electron chi connectivity index (χ4n) is 5.68. The molecule has 0 aromatic carbocycles. The predicted octanol–water partition coefficient (Wildman–Crippen LogP) is 13.3. The van der Waals surface area contributed by atoms with Gasteiger partial charge in [0.25, 0.3) is 0 Å². The first-order chi connectivity index (χ1) is 22.7. The molecule has 274 valence electrons. The van der Waals surface area contributed by atoms with Crippen LogP contribution in [0.3, 0.4) is 0 Å². The van der Waals surface area contributed by atoms with E-state index in [9.17, 15) is 9.59 Å². The maximum atomic E-state index is 11.9. The van der Waals surface area contributed by atoms with Crippen LogP contribution >= 0.6 is 23.5 Å². The SMILES string of the molecule is CCCCCCCCCCCCCCOC(=O)CCSCCCCCCSCCC(=O)OCCCCCCCCCCCCCC. The van der Waals surface area contributed by atoms with E-state index in [0.717, 1.165) is 35.9 Å². The molecule has 0 rings (SSSR count). The van der Waals surface area contributed by atoms with E-state index < -0.39 is 0 Å². The molecule has 0 spiro atoms. The van der Waals surface area contributed by atoms with Gasteiger partial charge in [0, 0.05) is 11.5 Å². The topological polar surface area (TPSA) is 52.6 Å². The summed E-state index contributed by atoms with van der Waals surface area (Å²) in [6.07, 6.45) is 37.8. The Hall–Kier alpha value is -0.360. The molecule has 0 aliphatic carbocycles. The van der Waals surface area contributed by atoms with Gasteiger partial charge in [-0.25, -0.2) is 0 Å². The van der Waals surface area contributed by atoms with Crippen LogP contribution < -0.4 is 0 Å². The Bertz CT molecular complexity index is 564. The maximum absolute atomic E-state index is 11.9. The normalized spacial score (nSPS) is 11.3. The summed E-state index contributed by atoms with van der Waals surface area (Å²) >= 11 is 3.76. The van der Waals surface area contributed by atoms with Gasteiger partial charge < -0.3 is 9.47 Å². The number of ether oxygens (including phenoxy) is 2. The minimum atomic E-state index is -0.0270. The average Bonchev–Trinajstić information content (AvgIpc) is 3.05. The molecule has 0 heterocycles. The number of rotatable bonds is 39. The molecule has 0 atom stereocenters. The third-order valence-electron chi connectivity index (χ3n) is 8.75. The van der Waals surface area contributed by atoms with Crippen molar-refractivity contribution in [3.05, 3.63) is 0 Å². The highest BCUT2D eigenvalue weighted by Crippen LogP contribution is 2.15. The minimum absolute atomic E-state index is 0.0270. The molecule has 0 bridgehead atoms. The monoisotopic (exact) mass is 687 g/mol. The van der Waals surface area contributed by atoms with Crippen molar-refractivity contribution in [3.63, 3.8) is 0 Å². The third kappa shape index (κ3) is 39.8. The number of hydrogen-bond donors (Lipinski definition) is 0. The first-order valence-corrected chi connectivity index (χ1v) is 22.5. The maximum Gasteiger partial charge on any atom is 0.306 e. The van der Waals surface area contributed by atoms with E-state index in [0.29, 0.717) is 26.1 Å². The lowest BCUT2D eigenvalue weighted by Crippen LogP contribution is -2.07. The zero-order chi connectivity index (χ0) is 33.4. The molecule has 0 aromatic rings. The summed E-state index contributed by atoms with van der Waals surface area (Å²) in [5.41, 5.74) is 0. The van der Waals surface area contributed by atoms with Crippen molar-refractivity contribution in [3.8, 4) is 0 Å². The van der Waals surface area contributed by atoms with Crippen LogP contribution in [0.25, 0.3) is 0 Å². The van der Waals surface area contributed by atoms with E-state index in [2.05, 4.69) is 13.8 Å². The average molecular weight is 687 g/mol. The van der Waals surface area contributed by atoms with Gasteiger partial charge in [-0.15, -0.1) is 0 Å². The van der Waals surface area contributed by atoms with Crippen molar-refractivity contribution in [1.82, 2.24) is 0 Å². The highest BCUT2D eigenvalue weighted by Gasteiger charge is 2.04. The molecule has 0 radical (unpaired) electrons. The van der Waals surface area contributed by atoms with E-state index in [1.165, 1.54) is 167 Å². The van der Waals surface area contributed by atoms with Crippen LogP contribution in [0.1, 0.15) is 206 Å². The molecule has 46 heavy (non-hydrogen) atoms. The van der Waals surface area contributed by atoms with Crippen LogP contribution in [0.15, 0.2) is 0 Å². The second-order valence-electron chi connectivity index (χ2n) is 13.4. The number of thioether (sulfide) groups is 2. The van der Waals surface area contributed by atoms with Gasteiger partial charge in [0.05, 0.1) is 26.1 Å². The van der Waals surface area contributed by atoms with Crippen LogP contribution in [-0.4, -0.2) is 48.2 Å². The van der Waals surface area contributed by atoms with Crippen molar-refractivity contribution in [2.45, 2.75) is 206 Å². The molecule has 0 amide bonds. The Morgan fingerprint density at radius 2 is 0.609 bits per heavy atom. The fraction of sp³-hybridized carbons (Fsp3) is 0.950. The zero-order valence-corrected chi connectivity index (χ0v) is 32.5. The van der Waals surface area contributed by atoms with Gasteiger partial charge in [-0.1, -0.05) is 168 Å². The van der Waals surface area contributed by atoms with Crippen LogP contribution in [0.5, 0.6) is 0 Å². The van der Waals surface area contributed by atoms with Crippen molar-refractivity contribution in [2.75, 3.05) is 36.2 Å². The molecule has 6 heteroatoms. The Labute approximate surface area is 296 Å². The molecule has 0 saturated heterocycles. The van der Waals surface area contributed by atoms with Crippen LogP contribution in [-0.2, 0) is 19.1 Å². The number of esters is 2. The molecule has 4 nitrogen and oxygen atoms in total. The zero-order valence-electron chi connectivity index (χ0n) is 30.9. The molecule has 0 aromatic heterocycles. The van der Waals surface area contributed by atoms with Gasteiger partial charge in [0.1, 0.15) is 0 Å². The third-order valence-corrected chi connectivity index (χ3v) is 10.9. The lowest BCUT2D eigenvalue weighted by molar-refractivity contribution is -0.144. The highest BCUT2D eigenvalue weighted by atomic mass is 32.2. The lowest BCUT2D eigenvalue weighted by Gasteiger charge is -2.06. The molecule has 0 fully saturated rings. The van der Waals surface area contributed by atoms with E-state index in [-0.39, 0.29) is 11.9 Å². The van der Waals surface area contributed by atoms with Gasteiger partial charge in [-0.2, -0.15) is 23.5 Å². The molecule has 0 aliphatic heterocycles. The van der Waals surface area contributed by atoms with Crippen LogP contribution in [0.2, 0.25) is 0 Å².